The van der Waals surface area contributed by atoms with Gasteiger partial charge in [0, 0.05) is 6.04 Å². The van der Waals surface area contributed by atoms with Crippen molar-refractivity contribution in [2.45, 2.75) is 65.8 Å². The Morgan fingerprint density at radius 3 is 2.40 bits per heavy atom. The molecule has 0 amide bonds. The van der Waals surface area contributed by atoms with Gasteiger partial charge in [0.25, 0.3) is 0 Å². The zero-order chi connectivity index (χ0) is 11.3. The van der Waals surface area contributed by atoms with Gasteiger partial charge in [-0.15, -0.1) is 0 Å². The van der Waals surface area contributed by atoms with Crippen molar-refractivity contribution in [3.05, 3.63) is 0 Å². The highest BCUT2D eigenvalue weighted by Crippen LogP contribution is 2.37. The van der Waals surface area contributed by atoms with Crippen LogP contribution in [0.15, 0.2) is 0 Å². The summed E-state index contributed by atoms with van der Waals surface area (Å²) in [6.07, 6.45) is 7.10. The number of nitrogens with one attached hydrogen (secondary N) is 1. The van der Waals surface area contributed by atoms with Gasteiger partial charge in [-0.1, -0.05) is 47.0 Å². The molecule has 0 aromatic rings. The van der Waals surface area contributed by atoms with Crippen LogP contribution in [0.25, 0.3) is 0 Å². The molecule has 1 saturated carbocycles. The molecular weight excluding hydrogens is 182 g/mol. The molecule has 1 heteroatoms. The molecule has 0 heterocycles. The van der Waals surface area contributed by atoms with Crippen LogP contribution >= 0.6 is 0 Å². The van der Waals surface area contributed by atoms with E-state index in [0.717, 1.165) is 30.3 Å². The fourth-order valence-electron chi connectivity index (χ4n) is 3.13. The van der Waals surface area contributed by atoms with Crippen LogP contribution in [0.5, 0.6) is 0 Å². The first-order valence-corrected chi connectivity index (χ1v) is 6.96. The van der Waals surface area contributed by atoms with Gasteiger partial charge in [-0.05, 0) is 37.1 Å². The fraction of sp³-hybridized carbons (Fsp3) is 1.00. The molecule has 90 valence electrons. The van der Waals surface area contributed by atoms with Gasteiger partial charge in [-0.25, -0.2) is 0 Å². The summed E-state index contributed by atoms with van der Waals surface area (Å²) in [6, 6.07) is 0.775. The van der Waals surface area contributed by atoms with Crippen molar-refractivity contribution in [1.82, 2.24) is 5.32 Å². The summed E-state index contributed by atoms with van der Waals surface area (Å²) in [6.45, 7) is 10.4. The molecule has 0 radical (unpaired) electrons. The monoisotopic (exact) mass is 211 g/mol. The molecule has 1 N–H and O–H groups in total. The summed E-state index contributed by atoms with van der Waals surface area (Å²) in [5, 5.41) is 3.72. The Morgan fingerprint density at radius 1 is 1.20 bits per heavy atom. The van der Waals surface area contributed by atoms with E-state index < -0.39 is 0 Å². The van der Waals surface area contributed by atoms with Gasteiger partial charge in [-0.2, -0.15) is 0 Å². The van der Waals surface area contributed by atoms with E-state index in [1.807, 2.05) is 0 Å². The Kier molecular flexibility index (Phi) is 5.66. The maximum atomic E-state index is 3.72. The van der Waals surface area contributed by atoms with Crippen LogP contribution in [-0.2, 0) is 0 Å². The first-order valence-electron chi connectivity index (χ1n) is 6.96. The Bertz CT molecular complexity index is 167. The van der Waals surface area contributed by atoms with Crippen LogP contribution in [0.3, 0.4) is 0 Å². The topological polar surface area (TPSA) is 12.0 Å². The van der Waals surface area contributed by atoms with E-state index in [-0.39, 0.29) is 0 Å². The van der Waals surface area contributed by atoms with Crippen LogP contribution < -0.4 is 5.32 Å². The molecule has 0 bridgehead atoms. The second-order valence-electron chi connectivity index (χ2n) is 5.32. The summed E-state index contributed by atoms with van der Waals surface area (Å²) in [7, 11) is 0. The van der Waals surface area contributed by atoms with Crippen LogP contribution in [0.2, 0.25) is 0 Å². The first kappa shape index (κ1) is 13.0. The average Bonchev–Trinajstić information content (AvgIpc) is 2.73. The summed E-state index contributed by atoms with van der Waals surface area (Å²) >= 11 is 0. The lowest BCUT2D eigenvalue weighted by Gasteiger charge is -2.30. The molecule has 1 rings (SSSR count). The van der Waals surface area contributed by atoms with Crippen molar-refractivity contribution >= 4 is 0 Å². The summed E-state index contributed by atoms with van der Waals surface area (Å²) in [4.78, 5) is 0. The van der Waals surface area contributed by atoms with Gasteiger partial charge in [-0.3, -0.25) is 0 Å². The highest BCUT2D eigenvalue weighted by atomic mass is 14.9. The van der Waals surface area contributed by atoms with Crippen molar-refractivity contribution in [2.24, 2.45) is 17.8 Å². The predicted octanol–water partition coefficient (Wildman–Crippen LogP) is 3.84. The number of rotatable bonds is 6. The van der Waals surface area contributed by atoms with E-state index >= 15 is 0 Å². The Balaban J connectivity index is 2.49. The highest BCUT2D eigenvalue weighted by Gasteiger charge is 2.31. The smallest absolute Gasteiger partial charge is 0.0121 e. The highest BCUT2D eigenvalue weighted by molar-refractivity contribution is 4.86. The molecule has 4 unspecified atom stereocenters. The number of hydrogen-bond acceptors (Lipinski definition) is 1. The quantitative estimate of drug-likeness (QED) is 0.704. The molecule has 1 fully saturated rings. The van der Waals surface area contributed by atoms with Gasteiger partial charge >= 0.3 is 0 Å². The van der Waals surface area contributed by atoms with E-state index in [1.165, 1.54) is 32.1 Å². The lowest BCUT2D eigenvalue weighted by Crippen LogP contribution is -2.40. The molecule has 0 aromatic heterocycles. The van der Waals surface area contributed by atoms with Crippen molar-refractivity contribution < 1.29 is 0 Å². The van der Waals surface area contributed by atoms with Crippen LogP contribution in [0, 0.1) is 17.8 Å². The van der Waals surface area contributed by atoms with Gasteiger partial charge in [0.05, 0.1) is 0 Å². The maximum absolute atomic E-state index is 3.72. The molecule has 1 nitrogen and oxygen atoms in total. The normalized spacial score (nSPS) is 30.4. The molecule has 0 spiro atoms. The third-order valence-electron chi connectivity index (χ3n) is 4.36. The van der Waals surface area contributed by atoms with E-state index in [2.05, 4.69) is 33.0 Å². The van der Waals surface area contributed by atoms with Crippen molar-refractivity contribution in [3.63, 3.8) is 0 Å². The molecule has 15 heavy (non-hydrogen) atoms. The van der Waals surface area contributed by atoms with Crippen LogP contribution in [0.1, 0.15) is 59.8 Å². The molecule has 0 aromatic carbocycles. The minimum absolute atomic E-state index is 0.775. The number of hydrogen-bond donors (Lipinski definition) is 1. The van der Waals surface area contributed by atoms with Gasteiger partial charge in [0.15, 0.2) is 0 Å². The van der Waals surface area contributed by atoms with E-state index in [4.69, 9.17) is 0 Å². The lowest BCUT2D eigenvalue weighted by molar-refractivity contribution is 0.264. The third kappa shape index (κ3) is 3.48. The summed E-state index contributed by atoms with van der Waals surface area (Å²) in [5.74, 6) is 2.80. The predicted molar refractivity (Wildman–Crippen MR) is 68.0 cm³/mol. The Hall–Kier alpha value is -0.0400. The van der Waals surface area contributed by atoms with Crippen molar-refractivity contribution in [3.8, 4) is 0 Å². The van der Waals surface area contributed by atoms with Gasteiger partial charge in [0.2, 0.25) is 0 Å². The van der Waals surface area contributed by atoms with E-state index in [0.29, 0.717) is 0 Å². The largest absolute Gasteiger partial charge is 0.314 e. The van der Waals surface area contributed by atoms with Crippen molar-refractivity contribution in [1.29, 1.82) is 0 Å². The molecule has 4 atom stereocenters. The minimum atomic E-state index is 0.775. The molecule has 1 aliphatic carbocycles. The average molecular weight is 211 g/mol. The van der Waals surface area contributed by atoms with Gasteiger partial charge in [0.1, 0.15) is 0 Å². The second kappa shape index (κ2) is 6.52. The van der Waals surface area contributed by atoms with Crippen LogP contribution in [0.4, 0.5) is 0 Å². The SMILES string of the molecule is CCNC(C(C)CC)C1CCC(CC)C1. The third-order valence-corrected chi connectivity index (χ3v) is 4.36. The molecule has 0 aliphatic heterocycles. The Morgan fingerprint density at radius 2 is 1.93 bits per heavy atom. The molecule has 0 saturated heterocycles. The van der Waals surface area contributed by atoms with E-state index in [9.17, 15) is 0 Å². The molecule has 1 aliphatic rings. The minimum Gasteiger partial charge on any atom is -0.314 e. The van der Waals surface area contributed by atoms with Crippen molar-refractivity contribution in [2.75, 3.05) is 6.54 Å². The van der Waals surface area contributed by atoms with E-state index in [1.54, 1.807) is 0 Å². The zero-order valence-electron chi connectivity index (χ0n) is 11.1. The summed E-state index contributed by atoms with van der Waals surface area (Å²) < 4.78 is 0. The zero-order valence-corrected chi connectivity index (χ0v) is 11.1. The lowest BCUT2D eigenvalue weighted by atomic mass is 9.86. The first-order chi connectivity index (χ1) is 7.22. The Labute approximate surface area is 96.0 Å². The standard InChI is InChI=1S/C14H29N/c1-5-11(4)14(15-7-3)13-9-8-12(6-2)10-13/h11-15H,5-10H2,1-4H3. The van der Waals surface area contributed by atoms with Crippen LogP contribution in [-0.4, -0.2) is 12.6 Å². The second-order valence-corrected chi connectivity index (χ2v) is 5.32. The van der Waals surface area contributed by atoms with Gasteiger partial charge < -0.3 is 5.32 Å². The fourth-order valence-corrected chi connectivity index (χ4v) is 3.13. The summed E-state index contributed by atoms with van der Waals surface area (Å²) in [5.41, 5.74) is 0. The molecular formula is C14H29N. The maximum Gasteiger partial charge on any atom is 0.0121 e.